The molecule has 1 radical (unpaired) electrons. The normalized spacial score (nSPS) is 11.0. The van der Waals surface area contributed by atoms with Gasteiger partial charge in [-0.3, -0.25) is 10.2 Å². The minimum Gasteiger partial charge on any atom is -0.556 e. The zero-order valence-corrected chi connectivity index (χ0v) is 18.8. The third-order valence-electron chi connectivity index (χ3n) is 5.10. The van der Waals surface area contributed by atoms with Crippen LogP contribution in [0.3, 0.4) is 0 Å². The molecule has 0 spiro atoms. The maximum absolute atomic E-state index is 13.0. The number of carbonyl (C=O) groups excluding carboxylic acids is 1. The Kier molecular flexibility index (Phi) is 14.0. The summed E-state index contributed by atoms with van der Waals surface area (Å²) in [6.45, 7) is 4.67. The second kappa shape index (κ2) is 15.9. The van der Waals surface area contributed by atoms with Crippen molar-refractivity contribution >= 4 is 33.9 Å². The fourth-order valence-corrected chi connectivity index (χ4v) is 3.58. The van der Waals surface area contributed by atoms with Crippen molar-refractivity contribution in [2.45, 2.75) is 64.0 Å². The fourth-order valence-electron chi connectivity index (χ4n) is 3.58. The van der Waals surface area contributed by atoms with Crippen LogP contribution in [0.15, 0.2) is 30.3 Å². The van der Waals surface area contributed by atoms with E-state index in [1.807, 2.05) is 18.2 Å². The fraction of sp³-hybridized carbons (Fsp3) is 0.600. The molecule has 6 N–H and O–H groups in total. The van der Waals surface area contributed by atoms with Gasteiger partial charge in [0.25, 0.3) is 5.91 Å². The van der Waals surface area contributed by atoms with Crippen LogP contribution in [0.5, 0.6) is 0 Å². The van der Waals surface area contributed by atoms with Crippen LogP contribution in [0, 0.1) is 5.41 Å². The van der Waals surface area contributed by atoms with Gasteiger partial charge in [0.15, 0.2) is 0 Å². The maximum atomic E-state index is 13.0. The third kappa shape index (κ3) is 12.6. The Labute approximate surface area is 188 Å². The van der Waals surface area contributed by atoms with Crippen molar-refractivity contribution < 1.29 is 19.5 Å². The first-order valence-corrected chi connectivity index (χ1v) is 11.0. The van der Waals surface area contributed by atoms with E-state index < -0.39 is 19.6 Å². The minimum atomic E-state index is -0.573. The number of rotatable bonds is 18. The van der Waals surface area contributed by atoms with Gasteiger partial charge in [0.1, 0.15) is 6.40 Å². The minimum absolute atomic E-state index is 0.104. The first-order valence-electron chi connectivity index (χ1n) is 11.0. The Morgan fingerprint density at radius 2 is 1.61 bits per heavy atom. The number of hydrogen-bond donors (Lipinski definition) is 6. The molecule has 169 valence electrons. The van der Waals surface area contributed by atoms with E-state index in [0.29, 0.717) is 25.0 Å². The van der Waals surface area contributed by atoms with Crippen molar-refractivity contribution in [2.24, 2.45) is 0 Å². The second-order valence-electron chi connectivity index (χ2n) is 7.88. The zero-order chi connectivity index (χ0) is 23.0. The smallest absolute Gasteiger partial charge is 0.373 e. The molecule has 0 aliphatic heterocycles. The topological polar surface area (TPSA) is 127 Å². The van der Waals surface area contributed by atoms with E-state index in [-0.39, 0.29) is 5.91 Å². The van der Waals surface area contributed by atoms with Crippen LogP contribution in [0.1, 0.15) is 48.9 Å². The molecular weight excluding hydrogens is 393 g/mol. The lowest BCUT2D eigenvalue weighted by Gasteiger charge is -2.36. The first kappa shape index (κ1) is 27.2. The Morgan fingerprint density at radius 1 is 1.06 bits per heavy atom. The van der Waals surface area contributed by atoms with Crippen molar-refractivity contribution in [1.29, 1.82) is 5.41 Å². The molecule has 0 aromatic heterocycles. The van der Waals surface area contributed by atoms with E-state index in [2.05, 4.69) is 15.8 Å². The average Bonchev–Trinajstić information content (AvgIpc) is 2.74. The van der Waals surface area contributed by atoms with Gasteiger partial charge in [-0.2, -0.15) is 0 Å². The van der Waals surface area contributed by atoms with E-state index in [9.17, 15) is 14.8 Å². The predicted molar refractivity (Wildman–Crippen MR) is 128 cm³/mol. The highest BCUT2D eigenvalue weighted by atomic mass is 16.4. The molecule has 0 saturated carbocycles. The molecule has 0 aliphatic carbocycles. The van der Waals surface area contributed by atoms with Gasteiger partial charge in [0.05, 0.1) is 0 Å². The summed E-state index contributed by atoms with van der Waals surface area (Å²) in [7, 11) is 0.452. The molecule has 0 heterocycles. The molecule has 0 fully saturated rings. The lowest BCUT2D eigenvalue weighted by atomic mass is 9.79. The van der Waals surface area contributed by atoms with Crippen LogP contribution < -0.4 is 15.8 Å². The number of benzene rings is 1. The van der Waals surface area contributed by atoms with Crippen LogP contribution in [0.2, 0.25) is 20.0 Å². The molecule has 1 aromatic carbocycles. The molecule has 0 atom stereocenters. The maximum Gasteiger partial charge on any atom is 0.373 e. The van der Waals surface area contributed by atoms with E-state index in [1.54, 1.807) is 33.3 Å². The number of hydrogen-bond acceptors (Lipinski definition) is 7. The lowest BCUT2D eigenvalue weighted by Crippen LogP contribution is -2.49. The largest absolute Gasteiger partial charge is 0.556 e. The standard InChI is InChI=1S/C20H36B3N4O4/c1-22(29)25-15-7-12-20(11-6-14-21-31-17-24,13-8-16-26-23(2)30)27-19(28)18-9-4-3-5-10-18/h3-5,9-10,17,24-26,29-30H,6-8,11-16H2,1-2H3,(H,27,28). The van der Waals surface area contributed by atoms with Gasteiger partial charge >= 0.3 is 21.6 Å². The van der Waals surface area contributed by atoms with Crippen LogP contribution in [0.25, 0.3) is 0 Å². The van der Waals surface area contributed by atoms with Crippen molar-refractivity contribution in [3.05, 3.63) is 35.9 Å². The Balaban J connectivity index is 2.89. The van der Waals surface area contributed by atoms with Crippen LogP contribution in [-0.4, -0.2) is 62.6 Å². The summed E-state index contributed by atoms with van der Waals surface area (Å²) in [6.07, 6.45) is 6.24. The zero-order valence-electron chi connectivity index (χ0n) is 18.8. The molecule has 1 rings (SSSR count). The van der Waals surface area contributed by atoms with E-state index >= 15 is 0 Å². The molecule has 8 nitrogen and oxygen atoms in total. The van der Waals surface area contributed by atoms with Gasteiger partial charge in [0, 0.05) is 11.1 Å². The van der Waals surface area contributed by atoms with E-state index in [1.165, 1.54) is 0 Å². The number of amides is 1. The molecular formula is C20H36B3N4O4. The molecule has 1 amide bonds. The molecule has 0 unspecified atom stereocenters. The molecule has 11 heteroatoms. The highest BCUT2D eigenvalue weighted by Crippen LogP contribution is 2.27. The highest BCUT2D eigenvalue weighted by Gasteiger charge is 2.31. The van der Waals surface area contributed by atoms with Gasteiger partial charge in [-0.1, -0.05) is 24.6 Å². The van der Waals surface area contributed by atoms with E-state index in [0.717, 1.165) is 44.9 Å². The molecule has 0 saturated heterocycles. The molecule has 0 aliphatic rings. The van der Waals surface area contributed by atoms with Crippen LogP contribution in [-0.2, 0) is 4.65 Å². The van der Waals surface area contributed by atoms with E-state index in [4.69, 9.17) is 10.1 Å². The molecule has 31 heavy (non-hydrogen) atoms. The molecule has 0 bridgehead atoms. The van der Waals surface area contributed by atoms with Crippen LogP contribution >= 0.6 is 0 Å². The summed E-state index contributed by atoms with van der Waals surface area (Å²) in [5.41, 5.74) is 0.196. The Bertz CT molecular complexity index is 608. The van der Waals surface area contributed by atoms with Crippen molar-refractivity contribution in [3.8, 4) is 0 Å². The Morgan fingerprint density at radius 3 is 2.13 bits per heavy atom. The summed E-state index contributed by atoms with van der Waals surface area (Å²) in [5.74, 6) is -0.104. The Hall–Kier alpha value is -1.81. The monoisotopic (exact) mass is 429 g/mol. The van der Waals surface area contributed by atoms with Gasteiger partial charge in [-0.05, 0) is 77.3 Å². The van der Waals surface area contributed by atoms with Crippen LogP contribution in [0.4, 0.5) is 0 Å². The number of nitrogens with one attached hydrogen (secondary N) is 4. The van der Waals surface area contributed by atoms with Gasteiger partial charge in [-0.25, -0.2) is 0 Å². The SMILES string of the molecule is CB(O)NCCCC(CCC[B]OC=N)(CCCNB(C)O)NC(=O)c1ccccc1. The van der Waals surface area contributed by atoms with Gasteiger partial charge < -0.3 is 30.5 Å². The van der Waals surface area contributed by atoms with Crippen molar-refractivity contribution in [3.63, 3.8) is 0 Å². The third-order valence-corrected chi connectivity index (χ3v) is 5.10. The van der Waals surface area contributed by atoms with Gasteiger partial charge in [0.2, 0.25) is 0 Å². The summed E-state index contributed by atoms with van der Waals surface area (Å²) >= 11 is 0. The lowest BCUT2D eigenvalue weighted by molar-refractivity contribution is 0.0874. The van der Waals surface area contributed by atoms with Crippen molar-refractivity contribution in [2.75, 3.05) is 13.1 Å². The average molecular weight is 429 g/mol. The highest BCUT2D eigenvalue weighted by molar-refractivity contribution is 6.45. The number of carbonyl (C=O) groups is 1. The second-order valence-corrected chi connectivity index (χ2v) is 7.88. The van der Waals surface area contributed by atoms with Gasteiger partial charge in [-0.15, -0.1) is 0 Å². The summed E-state index contributed by atoms with van der Waals surface area (Å²) < 4.78 is 4.90. The van der Waals surface area contributed by atoms with Crippen molar-refractivity contribution in [1.82, 2.24) is 15.8 Å². The summed E-state index contributed by atoms with van der Waals surface area (Å²) in [5, 5.41) is 35.2. The molecule has 1 aromatic rings. The first-order chi connectivity index (χ1) is 14.9. The quantitative estimate of drug-likeness (QED) is 0.0911. The predicted octanol–water partition coefficient (Wildman–Crippen LogP) is 1.56. The summed E-state index contributed by atoms with van der Waals surface area (Å²) in [6, 6.07) is 9.18. The summed E-state index contributed by atoms with van der Waals surface area (Å²) in [4.78, 5) is 13.0.